The van der Waals surface area contributed by atoms with E-state index in [1.807, 2.05) is 24.3 Å². The fraction of sp³-hybridized carbons (Fsp3) is 0.231. The number of hydrogen-bond acceptors (Lipinski definition) is 1. The van der Waals surface area contributed by atoms with Gasteiger partial charge < -0.3 is 4.74 Å². The fourth-order valence-electron chi connectivity index (χ4n) is 1.23. The minimum atomic E-state index is 0.604. The second-order valence-corrected chi connectivity index (χ2v) is 5.99. The van der Waals surface area contributed by atoms with Gasteiger partial charge in [0.25, 0.3) is 0 Å². The van der Waals surface area contributed by atoms with E-state index in [0.717, 1.165) is 15.4 Å². The highest BCUT2D eigenvalue weighted by Gasteiger charge is 2.01. The van der Waals surface area contributed by atoms with E-state index < -0.39 is 0 Å². The van der Waals surface area contributed by atoms with Gasteiger partial charge in [-0.1, -0.05) is 36.4 Å². The molecule has 0 fully saturated rings. The molecule has 16 heavy (non-hydrogen) atoms. The lowest BCUT2D eigenvalue weighted by molar-refractivity contribution is 0.141. The van der Waals surface area contributed by atoms with Crippen molar-refractivity contribution in [1.82, 2.24) is 0 Å². The van der Waals surface area contributed by atoms with Crippen molar-refractivity contribution in [3.05, 3.63) is 57.5 Å². The maximum absolute atomic E-state index is 5.63. The second-order valence-electron chi connectivity index (χ2n) is 3.34. The SMILES string of the molecule is C=CCC(COCc1ccccc1)=C(Br)Br. The molecule has 1 rings (SSSR count). The topological polar surface area (TPSA) is 9.23 Å². The summed E-state index contributed by atoms with van der Waals surface area (Å²) in [6, 6.07) is 10.1. The van der Waals surface area contributed by atoms with Crippen molar-refractivity contribution in [1.29, 1.82) is 0 Å². The number of rotatable bonds is 6. The third-order valence-electron chi connectivity index (χ3n) is 2.05. The van der Waals surface area contributed by atoms with Crippen LogP contribution >= 0.6 is 31.9 Å². The van der Waals surface area contributed by atoms with Crippen LogP contribution in [0.15, 0.2) is 52.0 Å². The van der Waals surface area contributed by atoms with E-state index in [9.17, 15) is 0 Å². The van der Waals surface area contributed by atoms with Crippen molar-refractivity contribution in [3.8, 4) is 0 Å². The minimum Gasteiger partial charge on any atom is -0.372 e. The first-order valence-electron chi connectivity index (χ1n) is 4.99. The molecule has 0 aliphatic carbocycles. The average Bonchev–Trinajstić information content (AvgIpc) is 2.29. The molecule has 0 N–H and O–H groups in total. The first kappa shape index (κ1) is 13.7. The number of ether oxygens (including phenoxy) is 1. The van der Waals surface area contributed by atoms with Gasteiger partial charge in [-0.05, 0) is 49.4 Å². The quantitative estimate of drug-likeness (QED) is 0.674. The molecule has 0 bridgehead atoms. The van der Waals surface area contributed by atoms with Gasteiger partial charge in [-0.3, -0.25) is 0 Å². The average molecular weight is 346 g/mol. The van der Waals surface area contributed by atoms with E-state index in [0.29, 0.717) is 13.2 Å². The molecule has 0 atom stereocenters. The molecule has 0 saturated heterocycles. The number of allylic oxidation sites excluding steroid dienone is 1. The third-order valence-corrected chi connectivity index (χ3v) is 3.17. The Hall–Kier alpha value is -0.380. The van der Waals surface area contributed by atoms with Crippen molar-refractivity contribution in [2.75, 3.05) is 6.61 Å². The fourth-order valence-corrected chi connectivity index (χ4v) is 1.78. The van der Waals surface area contributed by atoms with Crippen LogP contribution in [0.2, 0.25) is 0 Å². The van der Waals surface area contributed by atoms with Gasteiger partial charge in [-0.2, -0.15) is 0 Å². The summed E-state index contributed by atoms with van der Waals surface area (Å²) in [5.41, 5.74) is 2.34. The lowest BCUT2D eigenvalue weighted by atomic mass is 10.2. The summed E-state index contributed by atoms with van der Waals surface area (Å²) in [5.74, 6) is 0. The number of halogens is 2. The minimum absolute atomic E-state index is 0.604. The molecule has 0 amide bonds. The van der Waals surface area contributed by atoms with Crippen LogP contribution in [0, 0.1) is 0 Å². The normalized spacial score (nSPS) is 9.88. The van der Waals surface area contributed by atoms with Crippen LogP contribution in [0.25, 0.3) is 0 Å². The molecule has 1 aromatic rings. The van der Waals surface area contributed by atoms with Gasteiger partial charge >= 0.3 is 0 Å². The Labute approximate surface area is 113 Å². The van der Waals surface area contributed by atoms with Crippen LogP contribution in [0.4, 0.5) is 0 Å². The lowest BCUT2D eigenvalue weighted by Gasteiger charge is -2.07. The predicted octanol–water partition coefficient (Wildman–Crippen LogP) is 4.78. The zero-order valence-electron chi connectivity index (χ0n) is 8.96. The molecule has 0 aliphatic rings. The molecule has 0 saturated carbocycles. The van der Waals surface area contributed by atoms with Gasteiger partial charge in [-0.25, -0.2) is 0 Å². The molecular weight excluding hydrogens is 332 g/mol. The Morgan fingerprint density at radius 2 is 1.94 bits per heavy atom. The Morgan fingerprint density at radius 3 is 2.50 bits per heavy atom. The molecule has 3 heteroatoms. The Kier molecular flexibility index (Phi) is 6.69. The van der Waals surface area contributed by atoms with Crippen molar-refractivity contribution < 1.29 is 4.74 Å². The third kappa shape index (κ3) is 5.10. The van der Waals surface area contributed by atoms with Gasteiger partial charge in [0, 0.05) is 0 Å². The van der Waals surface area contributed by atoms with Crippen molar-refractivity contribution in [3.63, 3.8) is 0 Å². The molecule has 0 unspecified atom stereocenters. The van der Waals surface area contributed by atoms with Crippen LogP contribution in [-0.4, -0.2) is 6.61 Å². The van der Waals surface area contributed by atoms with Crippen LogP contribution in [0.1, 0.15) is 12.0 Å². The summed E-state index contributed by atoms with van der Waals surface area (Å²) in [6.07, 6.45) is 2.68. The van der Waals surface area contributed by atoms with Crippen molar-refractivity contribution in [2.45, 2.75) is 13.0 Å². The summed E-state index contributed by atoms with van der Waals surface area (Å²) in [4.78, 5) is 0. The van der Waals surface area contributed by atoms with E-state index in [1.165, 1.54) is 5.56 Å². The molecule has 0 spiro atoms. The molecule has 0 radical (unpaired) electrons. The molecule has 86 valence electrons. The van der Waals surface area contributed by atoms with Gasteiger partial charge in [0.05, 0.1) is 16.6 Å². The van der Waals surface area contributed by atoms with Crippen molar-refractivity contribution in [2.24, 2.45) is 0 Å². The van der Waals surface area contributed by atoms with E-state index in [1.54, 1.807) is 0 Å². The first-order valence-corrected chi connectivity index (χ1v) is 6.58. The Morgan fingerprint density at radius 1 is 1.25 bits per heavy atom. The van der Waals surface area contributed by atoms with E-state index in [-0.39, 0.29) is 0 Å². The molecule has 0 aromatic heterocycles. The highest BCUT2D eigenvalue weighted by atomic mass is 79.9. The zero-order valence-corrected chi connectivity index (χ0v) is 12.1. The van der Waals surface area contributed by atoms with Crippen LogP contribution in [0.3, 0.4) is 0 Å². The summed E-state index contributed by atoms with van der Waals surface area (Å²) in [7, 11) is 0. The number of hydrogen-bond donors (Lipinski definition) is 0. The number of benzene rings is 1. The van der Waals surface area contributed by atoms with Gasteiger partial charge in [-0.15, -0.1) is 6.58 Å². The van der Waals surface area contributed by atoms with E-state index in [2.05, 4.69) is 50.6 Å². The van der Waals surface area contributed by atoms with Crippen molar-refractivity contribution >= 4 is 31.9 Å². The summed E-state index contributed by atoms with van der Waals surface area (Å²) in [6.45, 7) is 4.96. The molecule has 1 aromatic carbocycles. The smallest absolute Gasteiger partial charge is 0.0721 e. The molecule has 1 nitrogen and oxygen atoms in total. The maximum Gasteiger partial charge on any atom is 0.0721 e. The largest absolute Gasteiger partial charge is 0.372 e. The van der Waals surface area contributed by atoms with Crippen LogP contribution in [0.5, 0.6) is 0 Å². The maximum atomic E-state index is 5.63. The zero-order chi connectivity index (χ0) is 11.8. The van der Waals surface area contributed by atoms with E-state index in [4.69, 9.17) is 4.74 Å². The molecule has 0 aliphatic heterocycles. The Bertz CT molecular complexity index is 353. The summed E-state index contributed by atoms with van der Waals surface area (Å²) < 4.78 is 6.58. The molecular formula is C13H14Br2O. The first-order chi connectivity index (χ1) is 7.74. The summed E-state index contributed by atoms with van der Waals surface area (Å²) >= 11 is 6.79. The monoisotopic (exact) mass is 344 g/mol. The standard InChI is InChI=1S/C13H14Br2O/c1-2-6-12(13(14)15)10-16-9-11-7-4-3-5-8-11/h2-5,7-8H,1,6,9-10H2. The second kappa shape index (κ2) is 7.82. The van der Waals surface area contributed by atoms with Gasteiger partial charge in [0.15, 0.2) is 0 Å². The predicted molar refractivity (Wildman–Crippen MR) is 75.8 cm³/mol. The highest BCUT2D eigenvalue weighted by molar-refractivity contribution is 9.28. The van der Waals surface area contributed by atoms with Crippen LogP contribution < -0.4 is 0 Å². The van der Waals surface area contributed by atoms with E-state index >= 15 is 0 Å². The summed E-state index contributed by atoms with van der Waals surface area (Å²) in [5, 5.41) is 0. The Balaban J connectivity index is 2.40. The molecule has 0 heterocycles. The highest BCUT2D eigenvalue weighted by Crippen LogP contribution is 2.22. The van der Waals surface area contributed by atoms with Gasteiger partial charge in [0.1, 0.15) is 0 Å². The lowest BCUT2D eigenvalue weighted by Crippen LogP contribution is -1.99. The van der Waals surface area contributed by atoms with Gasteiger partial charge in [0.2, 0.25) is 0 Å². The van der Waals surface area contributed by atoms with Crippen LogP contribution in [-0.2, 0) is 11.3 Å².